The largest absolute Gasteiger partial charge is 0.234 e. The van der Waals surface area contributed by atoms with Gasteiger partial charge in [-0.1, -0.05) is 39.5 Å². The highest BCUT2D eigenvalue weighted by molar-refractivity contribution is 5.51. The molecule has 0 heterocycles. The lowest BCUT2D eigenvalue weighted by Crippen LogP contribution is -1.84. The van der Waals surface area contributed by atoms with Crippen LogP contribution in [0.15, 0.2) is 5.57 Å². The second-order valence-corrected chi connectivity index (χ2v) is 3.22. The molecular weight excluding hydrogens is 148 g/mol. The van der Waals surface area contributed by atoms with E-state index in [9.17, 15) is 4.79 Å². The number of hydrogen-bond donors (Lipinski definition) is 0. The quantitative estimate of drug-likeness (QED) is 0.420. The molecule has 0 aromatic rings. The van der Waals surface area contributed by atoms with E-state index >= 15 is 0 Å². The summed E-state index contributed by atoms with van der Waals surface area (Å²) in [6, 6.07) is 0. The summed E-state index contributed by atoms with van der Waals surface area (Å²) in [6.45, 7) is 4.23. The van der Waals surface area contributed by atoms with Crippen LogP contribution >= 0.6 is 0 Å². The van der Waals surface area contributed by atoms with Crippen LogP contribution in [0.25, 0.3) is 0 Å². The summed E-state index contributed by atoms with van der Waals surface area (Å²) < 4.78 is 0. The maximum atomic E-state index is 10.3. The molecule has 0 radical (unpaired) electrons. The van der Waals surface area contributed by atoms with Gasteiger partial charge in [0.15, 0.2) is 0 Å². The van der Waals surface area contributed by atoms with Gasteiger partial charge in [-0.05, 0) is 19.3 Å². The smallest absolute Gasteiger partial charge is 0.123 e. The average Bonchev–Trinajstić information content (AvgIpc) is 2.11. The Hall–Kier alpha value is -0.550. The summed E-state index contributed by atoms with van der Waals surface area (Å²) >= 11 is 0. The van der Waals surface area contributed by atoms with Crippen LogP contribution < -0.4 is 0 Å². The number of unbranched alkanes of at least 4 members (excludes halogenated alkanes) is 4. The molecule has 0 aromatic carbocycles. The third kappa shape index (κ3) is 6.18. The Kier molecular flexibility index (Phi) is 8.15. The molecule has 0 aliphatic rings. The van der Waals surface area contributed by atoms with Gasteiger partial charge in [0.1, 0.15) is 5.94 Å². The van der Waals surface area contributed by atoms with Crippen LogP contribution in [0.3, 0.4) is 0 Å². The molecule has 70 valence electrons. The molecule has 1 nitrogen and oxygen atoms in total. The van der Waals surface area contributed by atoms with Crippen LogP contribution in [-0.4, -0.2) is 5.94 Å². The molecular formula is C11H20O. The monoisotopic (exact) mass is 168 g/mol. The molecule has 0 unspecified atom stereocenters. The molecule has 12 heavy (non-hydrogen) atoms. The highest BCUT2D eigenvalue weighted by Gasteiger charge is 1.94. The van der Waals surface area contributed by atoms with Crippen LogP contribution in [0.5, 0.6) is 0 Å². The summed E-state index contributed by atoms with van der Waals surface area (Å²) in [4.78, 5) is 10.3. The van der Waals surface area contributed by atoms with Crippen molar-refractivity contribution >= 4 is 5.94 Å². The minimum Gasteiger partial charge on any atom is -0.234 e. The fourth-order valence-corrected chi connectivity index (χ4v) is 1.24. The van der Waals surface area contributed by atoms with Crippen molar-refractivity contribution in [2.75, 3.05) is 0 Å². The Morgan fingerprint density at radius 3 is 2.25 bits per heavy atom. The van der Waals surface area contributed by atoms with E-state index in [1.54, 1.807) is 0 Å². The van der Waals surface area contributed by atoms with Crippen LogP contribution in [0.2, 0.25) is 0 Å². The molecule has 0 atom stereocenters. The second-order valence-electron chi connectivity index (χ2n) is 3.22. The van der Waals surface area contributed by atoms with Gasteiger partial charge in [0.2, 0.25) is 0 Å². The summed E-state index contributed by atoms with van der Waals surface area (Å²) in [5, 5.41) is 0. The third-order valence-corrected chi connectivity index (χ3v) is 2.15. The number of hydrogen-bond acceptors (Lipinski definition) is 1. The average molecular weight is 168 g/mol. The minimum atomic E-state index is 0.872. The van der Waals surface area contributed by atoms with E-state index in [-0.39, 0.29) is 0 Å². The van der Waals surface area contributed by atoms with Gasteiger partial charge in [0.25, 0.3) is 0 Å². The van der Waals surface area contributed by atoms with Crippen LogP contribution in [0.4, 0.5) is 0 Å². The van der Waals surface area contributed by atoms with Crippen molar-refractivity contribution in [1.82, 2.24) is 0 Å². The maximum Gasteiger partial charge on any atom is 0.123 e. The first-order valence-electron chi connectivity index (χ1n) is 5.08. The van der Waals surface area contributed by atoms with Crippen LogP contribution in [0, 0.1) is 0 Å². The number of rotatable bonds is 7. The van der Waals surface area contributed by atoms with E-state index in [0.717, 1.165) is 18.4 Å². The molecule has 0 N–H and O–H groups in total. The van der Waals surface area contributed by atoms with Crippen molar-refractivity contribution in [3.63, 3.8) is 0 Å². The van der Waals surface area contributed by atoms with Gasteiger partial charge in [0, 0.05) is 5.57 Å². The predicted molar refractivity (Wildman–Crippen MR) is 52.9 cm³/mol. The fourth-order valence-electron chi connectivity index (χ4n) is 1.24. The SMILES string of the molecule is CCCCCCCC(=C=O)CC. The van der Waals surface area contributed by atoms with E-state index in [1.807, 2.05) is 12.9 Å². The second kappa shape index (κ2) is 8.55. The number of carbonyl (C=O) groups excluding carboxylic acids is 1. The first-order chi connectivity index (χ1) is 5.85. The van der Waals surface area contributed by atoms with Crippen molar-refractivity contribution in [3.05, 3.63) is 5.57 Å². The zero-order valence-electron chi connectivity index (χ0n) is 8.36. The van der Waals surface area contributed by atoms with E-state index in [2.05, 4.69) is 6.92 Å². The molecule has 0 rings (SSSR count). The van der Waals surface area contributed by atoms with Gasteiger partial charge < -0.3 is 0 Å². The van der Waals surface area contributed by atoms with Crippen molar-refractivity contribution < 1.29 is 4.79 Å². The molecule has 0 saturated carbocycles. The summed E-state index contributed by atoms with van der Waals surface area (Å²) in [7, 11) is 0. The van der Waals surface area contributed by atoms with E-state index in [4.69, 9.17) is 0 Å². The van der Waals surface area contributed by atoms with E-state index in [0.29, 0.717) is 0 Å². The van der Waals surface area contributed by atoms with Crippen LogP contribution in [0.1, 0.15) is 58.8 Å². The lowest BCUT2D eigenvalue weighted by Gasteiger charge is -1.99. The first-order valence-corrected chi connectivity index (χ1v) is 5.08. The molecule has 0 amide bonds. The Balaban J connectivity index is 3.24. The first kappa shape index (κ1) is 11.4. The van der Waals surface area contributed by atoms with Gasteiger partial charge in [-0.2, -0.15) is 0 Å². The summed E-state index contributed by atoms with van der Waals surface area (Å²) in [6.07, 6.45) is 8.18. The standard InChI is InChI=1S/C11H20O/c1-3-5-6-7-8-9-11(4-2)10-12/h3-9H2,1-2H3. The van der Waals surface area contributed by atoms with E-state index in [1.165, 1.54) is 32.1 Å². The lowest BCUT2D eigenvalue weighted by molar-refractivity contribution is 0.562. The molecule has 0 aliphatic heterocycles. The van der Waals surface area contributed by atoms with Gasteiger partial charge in [0.05, 0.1) is 0 Å². The van der Waals surface area contributed by atoms with Gasteiger partial charge >= 0.3 is 0 Å². The number of allylic oxidation sites excluding steroid dienone is 1. The van der Waals surface area contributed by atoms with Crippen molar-refractivity contribution in [3.8, 4) is 0 Å². The molecule has 0 aliphatic carbocycles. The van der Waals surface area contributed by atoms with Crippen LogP contribution in [-0.2, 0) is 4.79 Å². The minimum absolute atomic E-state index is 0.872. The Labute approximate surface area is 75.9 Å². The van der Waals surface area contributed by atoms with E-state index < -0.39 is 0 Å². The summed E-state index contributed by atoms with van der Waals surface area (Å²) in [5.74, 6) is 2.01. The van der Waals surface area contributed by atoms with Crippen molar-refractivity contribution in [2.45, 2.75) is 58.8 Å². The third-order valence-electron chi connectivity index (χ3n) is 2.15. The molecule has 1 heteroatoms. The van der Waals surface area contributed by atoms with Crippen molar-refractivity contribution in [1.29, 1.82) is 0 Å². The van der Waals surface area contributed by atoms with Gasteiger partial charge in [-0.15, -0.1) is 0 Å². The molecule has 0 aromatic heterocycles. The Morgan fingerprint density at radius 1 is 1.08 bits per heavy atom. The highest BCUT2D eigenvalue weighted by atomic mass is 16.1. The summed E-state index contributed by atoms with van der Waals surface area (Å²) in [5.41, 5.74) is 0.950. The maximum absolute atomic E-state index is 10.3. The molecule has 0 fully saturated rings. The highest BCUT2D eigenvalue weighted by Crippen LogP contribution is 2.10. The fraction of sp³-hybridized carbons (Fsp3) is 0.818. The predicted octanol–water partition coefficient (Wildman–Crippen LogP) is 3.51. The zero-order chi connectivity index (χ0) is 9.23. The van der Waals surface area contributed by atoms with Gasteiger partial charge in [-0.3, -0.25) is 0 Å². The zero-order valence-corrected chi connectivity index (χ0v) is 8.36. The molecule has 0 spiro atoms. The Bertz CT molecular complexity index is 143. The lowest BCUT2D eigenvalue weighted by atomic mass is 10.1. The normalized spacial score (nSPS) is 9.50. The van der Waals surface area contributed by atoms with Gasteiger partial charge in [-0.25, -0.2) is 4.79 Å². The van der Waals surface area contributed by atoms with Crippen molar-refractivity contribution in [2.24, 2.45) is 0 Å². The topological polar surface area (TPSA) is 17.1 Å². The molecule has 0 bridgehead atoms. The Morgan fingerprint density at radius 2 is 1.75 bits per heavy atom. The molecule has 0 saturated heterocycles.